The van der Waals surface area contributed by atoms with Crippen molar-refractivity contribution >= 4 is 0 Å². The van der Waals surface area contributed by atoms with Crippen LogP contribution < -0.4 is 5.32 Å². The first-order chi connectivity index (χ1) is 8.22. The maximum Gasteiger partial charge on any atom is 0.0521 e. The number of aromatic nitrogens is 2. The number of nitrogens with zero attached hydrogens (tertiary/aromatic N) is 3. The number of aryl methyl sites for hydroxylation is 1. The van der Waals surface area contributed by atoms with E-state index in [9.17, 15) is 0 Å². The van der Waals surface area contributed by atoms with E-state index >= 15 is 0 Å². The van der Waals surface area contributed by atoms with Crippen LogP contribution in [0.15, 0.2) is 12.3 Å². The first-order valence-corrected chi connectivity index (χ1v) is 6.65. The Morgan fingerprint density at radius 2 is 2.35 bits per heavy atom. The molecule has 0 bridgehead atoms. The maximum absolute atomic E-state index is 4.27. The van der Waals surface area contributed by atoms with Crippen molar-refractivity contribution in [2.45, 2.75) is 51.9 Å². The van der Waals surface area contributed by atoms with Crippen LogP contribution in [-0.4, -0.2) is 40.4 Å². The zero-order valence-electron chi connectivity index (χ0n) is 11.2. The Morgan fingerprint density at radius 3 is 3.00 bits per heavy atom. The van der Waals surface area contributed by atoms with E-state index < -0.39 is 0 Å². The molecule has 96 valence electrons. The van der Waals surface area contributed by atoms with Crippen molar-refractivity contribution in [2.75, 3.05) is 13.6 Å². The summed E-state index contributed by atoms with van der Waals surface area (Å²) in [5.41, 5.74) is 1.27. The van der Waals surface area contributed by atoms with Crippen molar-refractivity contribution < 1.29 is 0 Å². The first-order valence-electron chi connectivity index (χ1n) is 6.65. The van der Waals surface area contributed by atoms with E-state index in [4.69, 9.17) is 0 Å². The molecule has 0 aliphatic heterocycles. The highest BCUT2D eigenvalue weighted by Crippen LogP contribution is 2.26. The van der Waals surface area contributed by atoms with Gasteiger partial charge in [-0.05, 0) is 39.8 Å². The van der Waals surface area contributed by atoms with E-state index in [0.717, 1.165) is 25.7 Å². The molecule has 0 spiro atoms. The second kappa shape index (κ2) is 5.65. The highest BCUT2D eigenvalue weighted by Gasteiger charge is 2.28. The summed E-state index contributed by atoms with van der Waals surface area (Å²) < 4.78 is 2.04. The number of hydrogen-bond donors (Lipinski definition) is 1. The van der Waals surface area contributed by atoms with Gasteiger partial charge in [0.15, 0.2) is 0 Å². The molecule has 0 radical (unpaired) electrons. The van der Waals surface area contributed by atoms with Gasteiger partial charge in [0.1, 0.15) is 0 Å². The van der Waals surface area contributed by atoms with Gasteiger partial charge in [0.2, 0.25) is 0 Å². The van der Waals surface area contributed by atoms with Crippen LogP contribution in [0, 0.1) is 0 Å². The van der Waals surface area contributed by atoms with Gasteiger partial charge >= 0.3 is 0 Å². The van der Waals surface area contributed by atoms with Gasteiger partial charge in [-0.3, -0.25) is 9.58 Å². The number of rotatable bonds is 7. The summed E-state index contributed by atoms with van der Waals surface area (Å²) in [5, 5.41) is 7.80. The lowest BCUT2D eigenvalue weighted by Crippen LogP contribution is -2.39. The monoisotopic (exact) mass is 236 g/mol. The van der Waals surface area contributed by atoms with Gasteiger partial charge < -0.3 is 5.32 Å². The molecule has 1 aliphatic rings. The van der Waals surface area contributed by atoms with E-state index in [1.165, 1.54) is 18.5 Å². The Morgan fingerprint density at radius 1 is 1.59 bits per heavy atom. The van der Waals surface area contributed by atoms with Crippen LogP contribution in [0.2, 0.25) is 0 Å². The quantitative estimate of drug-likeness (QED) is 0.778. The van der Waals surface area contributed by atoms with Crippen LogP contribution in [0.5, 0.6) is 0 Å². The minimum atomic E-state index is 0.612. The summed E-state index contributed by atoms with van der Waals surface area (Å²) in [7, 11) is 2.24. The van der Waals surface area contributed by atoms with Crippen molar-refractivity contribution in [3.05, 3.63) is 18.0 Å². The number of hydrogen-bond acceptors (Lipinski definition) is 3. The largest absolute Gasteiger partial charge is 0.310 e. The molecule has 1 heterocycles. The third kappa shape index (κ3) is 3.30. The molecule has 1 aromatic rings. The fourth-order valence-corrected chi connectivity index (χ4v) is 2.19. The van der Waals surface area contributed by atoms with Crippen LogP contribution in [-0.2, 0) is 13.1 Å². The van der Waals surface area contributed by atoms with Gasteiger partial charge in [-0.25, -0.2) is 0 Å². The molecule has 1 saturated carbocycles. The van der Waals surface area contributed by atoms with Gasteiger partial charge in [0.25, 0.3) is 0 Å². The molecule has 0 saturated heterocycles. The van der Waals surface area contributed by atoms with E-state index in [0.29, 0.717) is 6.04 Å². The standard InChI is InChI=1S/C13H24N4/c1-4-17-13(7-8-15-17)10-14-9-11(2)16(3)12-5-6-12/h7-8,11-12,14H,4-6,9-10H2,1-3H3. The van der Waals surface area contributed by atoms with E-state index in [1.807, 2.05) is 10.9 Å². The Kier molecular flexibility index (Phi) is 4.18. The highest BCUT2D eigenvalue weighted by atomic mass is 15.3. The van der Waals surface area contributed by atoms with E-state index in [2.05, 4.69) is 42.3 Å². The van der Waals surface area contributed by atoms with Gasteiger partial charge in [-0.2, -0.15) is 5.10 Å². The van der Waals surface area contributed by atoms with Gasteiger partial charge in [-0.1, -0.05) is 0 Å². The average molecular weight is 236 g/mol. The van der Waals surface area contributed by atoms with Crippen LogP contribution in [0.4, 0.5) is 0 Å². The molecule has 1 aromatic heterocycles. The Balaban J connectivity index is 1.71. The molecule has 0 amide bonds. The van der Waals surface area contributed by atoms with Crippen LogP contribution in [0.1, 0.15) is 32.4 Å². The van der Waals surface area contributed by atoms with Crippen molar-refractivity contribution in [1.82, 2.24) is 20.0 Å². The van der Waals surface area contributed by atoms with Crippen molar-refractivity contribution in [2.24, 2.45) is 0 Å². The van der Waals surface area contributed by atoms with E-state index in [1.54, 1.807) is 0 Å². The molecule has 4 heteroatoms. The third-order valence-electron chi connectivity index (χ3n) is 3.67. The first kappa shape index (κ1) is 12.6. The Labute approximate surface area is 104 Å². The molecule has 1 atom stereocenters. The lowest BCUT2D eigenvalue weighted by molar-refractivity contribution is 0.240. The molecule has 17 heavy (non-hydrogen) atoms. The zero-order valence-corrected chi connectivity index (χ0v) is 11.2. The number of likely N-dealkylation sites (N-methyl/N-ethyl adjacent to an activating group) is 1. The SMILES string of the molecule is CCn1nccc1CNCC(C)N(C)C1CC1. The minimum Gasteiger partial charge on any atom is -0.310 e. The van der Waals surface area contributed by atoms with Gasteiger partial charge in [0, 0.05) is 37.9 Å². The molecule has 1 N–H and O–H groups in total. The van der Waals surface area contributed by atoms with E-state index in [-0.39, 0.29) is 0 Å². The third-order valence-corrected chi connectivity index (χ3v) is 3.67. The molecular weight excluding hydrogens is 212 g/mol. The fraction of sp³-hybridized carbons (Fsp3) is 0.769. The van der Waals surface area contributed by atoms with Crippen LogP contribution in [0.3, 0.4) is 0 Å². The summed E-state index contributed by atoms with van der Waals surface area (Å²) in [5.74, 6) is 0. The fourth-order valence-electron chi connectivity index (χ4n) is 2.19. The smallest absolute Gasteiger partial charge is 0.0521 e. The average Bonchev–Trinajstić information content (AvgIpc) is 3.08. The molecule has 4 nitrogen and oxygen atoms in total. The summed E-state index contributed by atoms with van der Waals surface area (Å²) >= 11 is 0. The Hall–Kier alpha value is -0.870. The molecule has 1 unspecified atom stereocenters. The summed E-state index contributed by atoms with van der Waals surface area (Å²) in [6, 6.07) is 3.54. The van der Waals surface area contributed by atoms with Crippen molar-refractivity contribution in [3.63, 3.8) is 0 Å². The molecule has 1 fully saturated rings. The molecular formula is C13H24N4. The molecule has 2 rings (SSSR count). The Bertz CT molecular complexity index is 343. The molecule has 0 aromatic carbocycles. The van der Waals surface area contributed by atoms with Crippen LogP contribution >= 0.6 is 0 Å². The highest BCUT2D eigenvalue weighted by molar-refractivity contribution is 5.00. The minimum absolute atomic E-state index is 0.612. The maximum atomic E-state index is 4.27. The van der Waals surface area contributed by atoms with Gasteiger partial charge in [0.05, 0.1) is 5.69 Å². The summed E-state index contributed by atoms with van der Waals surface area (Å²) in [6.07, 6.45) is 4.63. The normalized spacial score (nSPS) is 17.6. The van der Waals surface area contributed by atoms with Crippen molar-refractivity contribution in [3.8, 4) is 0 Å². The number of nitrogens with one attached hydrogen (secondary N) is 1. The predicted molar refractivity (Wildman–Crippen MR) is 69.9 cm³/mol. The van der Waals surface area contributed by atoms with Crippen LogP contribution in [0.25, 0.3) is 0 Å². The lowest BCUT2D eigenvalue weighted by atomic mass is 10.3. The van der Waals surface area contributed by atoms with Gasteiger partial charge in [-0.15, -0.1) is 0 Å². The zero-order chi connectivity index (χ0) is 12.3. The second-order valence-corrected chi connectivity index (χ2v) is 5.01. The second-order valence-electron chi connectivity index (χ2n) is 5.01. The predicted octanol–water partition coefficient (Wildman–Crippen LogP) is 1.48. The summed E-state index contributed by atoms with van der Waals surface area (Å²) in [4.78, 5) is 2.49. The lowest BCUT2D eigenvalue weighted by Gasteiger charge is -2.24. The topological polar surface area (TPSA) is 33.1 Å². The van der Waals surface area contributed by atoms with Crippen molar-refractivity contribution in [1.29, 1.82) is 0 Å². The summed E-state index contributed by atoms with van der Waals surface area (Å²) in [6.45, 7) is 7.32. The molecule has 1 aliphatic carbocycles.